The van der Waals surface area contributed by atoms with Gasteiger partial charge in [0.05, 0.1) is 0 Å². The first-order valence-corrected chi connectivity index (χ1v) is 4.99. The molecule has 0 saturated carbocycles. The van der Waals surface area contributed by atoms with Gasteiger partial charge in [0.15, 0.2) is 0 Å². The molecule has 1 N–H and O–H groups in total. The van der Waals surface area contributed by atoms with Gasteiger partial charge in [-0.05, 0) is 44.4 Å². The number of benzene rings is 1. The smallest absolute Gasteiger partial charge is 0.0205 e. The van der Waals surface area contributed by atoms with E-state index >= 15 is 0 Å². The molecular weight excluding hydrogens is 158 g/mol. The molecule has 1 aliphatic rings. The Bertz CT molecular complexity index is 300. The Hall–Kier alpha value is -0.820. The summed E-state index contributed by atoms with van der Waals surface area (Å²) in [5.74, 6) is 0. The molecule has 1 atom stereocenters. The van der Waals surface area contributed by atoms with Crippen molar-refractivity contribution in [1.82, 2.24) is 5.32 Å². The number of hydrogen-bond acceptors (Lipinski definition) is 1. The molecule has 0 aliphatic carbocycles. The van der Waals surface area contributed by atoms with E-state index in [-0.39, 0.29) is 0 Å². The van der Waals surface area contributed by atoms with Crippen LogP contribution < -0.4 is 5.32 Å². The van der Waals surface area contributed by atoms with E-state index in [0.717, 1.165) is 0 Å². The standard InChI is InChI=1S/C12H17N/c1-10-5-3-4-6-11(10)9-12(2)7-8-13-12/h3-6,13H,7-9H2,1-2H3. The first kappa shape index (κ1) is 8.76. The van der Waals surface area contributed by atoms with E-state index in [1.165, 1.54) is 30.5 Å². The molecule has 1 unspecified atom stereocenters. The molecule has 1 aromatic carbocycles. The molecule has 13 heavy (non-hydrogen) atoms. The third kappa shape index (κ3) is 1.75. The van der Waals surface area contributed by atoms with Crippen molar-refractivity contribution in [3.8, 4) is 0 Å². The molecule has 0 aromatic heterocycles. The zero-order chi connectivity index (χ0) is 9.31. The van der Waals surface area contributed by atoms with Gasteiger partial charge >= 0.3 is 0 Å². The monoisotopic (exact) mass is 175 g/mol. The van der Waals surface area contributed by atoms with Crippen LogP contribution in [0.2, 0.25) is 0 Å². The van der Waals surface area contributed by atoms with Gasteiger partial charge in [-0.3, -0.25) is 0 Å². The van der Waals surface area contributed by atoms with E-state index in [9.17, 15) is 0 Å². The van der Waals surface area contributed by atoms with Crippen LogP contribution in [0, 0.1) is 6.92 Å². The second kappa shape index (κ2) is 3.15. The zero-order valence-corrected chi connectivity index (χ0v) is 8.43. The van der Waals surface area contributed by atoms with Crippen molar-refractivity contribution in [1.29, 1.82) is 0 Å². The average Bonchev–Trinajstić information content (AvgIpc) is 2.06. The molecule has 2 rings (SSSR count). The highest BCUT2D eigenvalue weighted by Crippen LogP contribution is 2.24. The fraction of sp³-hybridized carbons (Fsp3) is 0.500. The van der Waals surface area contributed by atoms with Gasteiger partial charge in [-0.1, -0.05) is 24.3 Å². The normalized spacial score (nSPS) is 26.9. The number of rotatable bonds is 2. The fourth-order valence-electron chi connectivity index (χ4n) is 1.93. The topological polar surface area (TPSA) is 12.0 Å². The second-order valence-corrected chi connectivity index (χ2v) is 4.34. The fourth-order valence-corrected chi connectivity index (χ4v) is 1.93. The van der Waals surface area contributed by atoms with E-state index in [0.29, 0.717) is 5.54 Å². The summed E-state index contributed by atoms with van der Waals surface area (Å²) in [6, 6.07) is 8.66. The Morgan fingerprint density at radius 3 is 2.62 bits per heavy atom. The van der Waals surface area contributed by atoms with Crippen LogP contribution in [0.5, 0.6) is 0 Å². The SMILES string of the molecule is Cc1ccccc1CC1(C)CCN1. The largest absolute Gasteiger partial charge is 0.311 e. The van der Waals surface area contributed by atoms with Gasteiger partial charge in [0, 0.05) is 5.54 Å². The highest BCUT2D eigenvalue weighted by Gasteiger charge is 2.31. The molecule has 0 amide bonds. The molecule has 0 spiro atoms. The van der Waals surface area contributed by atoms with E-state index in [1.54, 1.807) is 0 Å². The lowest BCUT2D eigenvalue weighted by atomic mass is 9.83. The summed E-state index contributed by atoms with van der Waals surface area (Å²) in [6.45, 7) is 5.68. The van der Waals surface area contributed by atoms with Gasteiger partial charge in [-0.2, -0.15) is 0 Å². The van der Waals surface area contributed by atoms with Gasteiger partial charge in [0.25, 0.3) is 0 Å². The van der Waals surface area contributed by atoms with E-state index in [4.69, 9.17) is 0 Å². The summed E-state index contributed by atoms with van der Waals surface area (Å²) in [5, 5.41) is 3.50. The Morgan fingerprint density at radius 2 is 2.08 bits per heavy atom. The van der Waals surface area contributed by atoms with Gasteiger partial charge in [0.2, 0.25) is 0 Å². The molecule has 0 radical (unpaired) electrons. The molecular formula is C12H17N. The predicted octanol–water partition coefficient (Wildman–Crippen LogP) is 2.29. The van der Waals surface area contributed by atoms with Crippen LogP contribution in [-0.2, 0) is 6.42 Å². The maximum atomic E-state index is 3.50. The first-order valence-electron chi connectivity index (χ1n) is 4.99. The molecule has 1 nitrogen and oxygen atoms in total. The minimum absolute atomic E-state index is 0.367. The molecule has 1 heterocycles. The molecule has 1 fully saturated rings. The lowest BCUT2D eigenvalue weighted by molar-refractivity contribution is 0.231. The first-order chi connectivity index (χ1) is 6.20. The molecule has 1 heteroatoms. The van der Waals surface area contributed by atoms with Crippen LogP contribution in [0.1, 0.15) is 24.5 Å². The molecule has 70 valence electrons. The number of hydrogen-bond donors (Lipinski definition) is 1. The van der Waals surface area contributed by atoms with Crippen molar-refractivity contribution in [2.45, 2.75) is 32.2 Å². The predicted molar refractivity (Wildman–Crippen MR) is 55.9 cm³/mol. The second-order valence-electron chi connectivity index (χ2n) is 4.34. The van der Waals surface area contributed by atoms with Crippen molar-refractivity contribution in [2.75, 3.05) is 6.54 Å². The Labute approximate surface area is 80.2 Å². The average molecular weight is 175 g/mol. The molecule has 1 aliphatic heterocycles. The number of nitrogens with one attached hydrogen (secondary N) is 1. The summed E-state index contributed by atoms with van der Waals surface area (Å²) in [7, 11) is 0. The Kier molecular flexibility index (Phi) is 2.12. The van der Waals surface area contributed by atoms with E-state index < -0.39 is 0 Å². The van der Waals surface area contributed by atoms with Crippen molar-refractivity contribution >= 4 is 0 Å². The number of aryl methyl sites for hydroxylation is 1. The van der Waals surface area contributed by atoms with Crippen LogP contribution >= 0.6 is 0 Å². The summed E-state index contributed by atoms with van der Waals surface area (Å²) in [4.78, 5) is 0. The van der Waals surface area contributed by atoms with Crippen molar-refractivity contribution in [3.63, 3.8) is 0 Å². The van der Waals surface area contributed by atoms with Crippen LogP contribution in [-0.4, -0.2) is 12.1 Å². The van der Waals surface area contributed by atoms with Crippen molar-refractivity contribution in [2.24, 2.45) is 0 Å². The van der Waals surface area contributed by atoms with Gasteiger partial charge in [-0.15, -0.1) is 0 Å². The van der Waals surface area contributed by atoms with Gasteiger partial charge < -0.3 is 5.32 Å². The van der Waals surface area contributed by atoms with E-state index in [2.05, 4.69) is 43.4 Å². The Morgan fingerprint density at radius 1 is 1.38 bits per heavy atom. The Balaban J connectivity index is 2.13. The maximum absolute atomic E-state index is 3.50. The highest BCUT2D eigenvalue weighted by molar-refractivity contribution is 5.27. The van der Waals surface area contributed by atoms with Crippen LogP contribution in [0.25, 0.3) is 0 Å². The lowest BCUT2D eigenvalue weighted by Gasteiger charge is -2.40. The highest BCUT2D eigenvalue weighted by atomic mass is 15.0. The van der Waals surface area contributed by atoms with Crippen molar-refractivity contribution in [3.05, 3.63) is 35.4 Å². The molecule has 0 bridgehead atoms. The third-order valence-electron chi connectivity index (χ3n) is 3.07. The van der Waals surface area contributed by atoms with Crippen LogP contribution in [0.15, 0.2) is 24.3 Å². The minimum atomic E-state index is 0.367. The minimum Gasteiger partial charge on any atom is -0.311 e. The molecule has 1 saturated heterocycles. The maximum Gasteiger partial charge on any atom is 0.0205 e. The molecule has 1 aromatic rings. The summed E-state index contributed by atoms with van der Waals surface area (Å²) >= 11 is 0. The zero-order valence-electron chi connectivity index (χ0n) is 8.43. The summed E-state index contributed by atoms with van der Waals surface area (Å²) in [5.41, 5.74) is 3.26. The lowest BCUT2D eigenvalue weighted by Crippen LogP contribution is -2.56. The van der Waals surface area contributed by atoms with Gasteiger partial charge in [-0.25, -0.2) is 0 Å². The van der Waals surface area contributed by atoms with Crippen molar-refractivity contribution < 1.29 is 0 Å². The summed E-state index contributed by atoms with van der Waals surface area (Å²) in [6.07, 6.45) is 2.47. The van der Waals surface area contributed by atoms with Crippen LogP contribution in [0.3, 0.4) is 0 Å². The van der Waals surface area contributed by atoms with E-state index in [1.807, 2.05) is 0 Å². The quantitative estimate of drug-likeness (QED) is 0.727. The third-order valence-corrected chi connectivity index (χ3v) is 3.07. The van der Waals surface area contributed by atoms with Gasteiger partial charge in [0.1, 0.15) is 0 Å². The van der Waals surface area contributed by atoms with Crippen LogP contribution in [0.4, 0.5) is 0 Å². The summed E-state index contributed by atoms with van der Waals surface area (Å²) < 4.78 is 0.